The van der Waals surface area contributed by atoms with Crippen LogP contribution in [0.1, 0.15) is 31.7 Å². The highest BCUT2D eigenvalue weighted by molar-refractivity contribution is 5.46. The van der Waals surface area contributed by atoms with Crippen molar-refractivity contribution in [2.75, 3.05) is 5.32 Å². The first-order chi connectivity index (χ1) is 6.74. The van der Waals surface area contributed by atoms with Gasteiger partial charge < -0.3 is 5.32 Å². The van der Waals surface area contributed by atoms with Crippen LogP contribution in [-0.2, 0) is 0 Å². The second kappa shape index (κ2) is 4.04. The molecule has 0 spiro atoms. The van der Waals surface area contributed by atoms with Crippen LogP contribution in [0.4, 0.5) is 5.69 Å². The van der Waals surface area contributed by atoms with Gasteiger partial charge in [-0.1, -0.05) is 19.1 Å². The average molecular weight is 189 g/mol. The summed E-state index contributed by atoms with van der Waals surface area (Å²) >= 11 is 0. The minimum absolute atomic E-state index is 0.701. The van der Waals surface area contributed by atoms with Crippen molar-refractivity contribution in [3.8, 4) is 0 Å². The predicted octanol–water partition coefficient (Wildman–Crippen LogP) is 3.60. The van der Waals surface area contributed by atoms with Gasteiger partial charge in [0.1, 0.15) is 0 Å². The number of nitrogens with one attached hydrogen (secondary N) is 1. The quantitative estimate of drug-likeness (QED) is 0.749. The Morgan fingerprint density at radius 3 is 2.79 bits per heavy atom. The fourth-order valence-electron chi connectivity index (χ4n) is 2.31. The van der Waals surface area contributed by atoms with Crippen LogP contribution in [0.2, 0.25) is 0 Å². The molecule has 76 valence electrons. The number of benzene rings is 1. The molecule has 1 aromatic rings. The van der Waals surface area contributed by atoms with Crippen LogP contribution in [0.5, 0.6) is 0 Å². The van der Waals surface area contributed by atoms with Crippen LogP contribution in [0.15, 0.2) is 24.3 Å². The minimum Gasteiger partial charge on any atom is -0.382 e. The molecule has 1 aliphatic carbocycles. The van der Waals surface area contributed by atoms with E-state index in [0.29, 0.717) is 6.04 Å². The normalized spacial score (nSPS) is 26.4. The number of hydrogen-bond acceptors (Lipinski definition) is 1. The lowest BCUT2D eigenvalue weighted by molar-refractivity contribution is 0.602. The van der Waals surface area contributed by atoms with E-state index in [1.165, 1.54) is 30.5 Å². The predicted molar refractivity (Wildman–Crippen MR) is 61.6 cm³/mol. The van der Waals surface area contributed by atoms with Gasteiger partial charge in [-0.25, -0.2) is 0 Å². The van der Waals surface area contributed by atoms with E-state index < -0.39 is 0 Å². The fraction of sp³-hybridized carbons (Fsp3) is 0.538. The summed E-state index contributed by atoms with van der Waals surface area (Å²) in [7, 11) is 0. The highest BCUT2D eigenvalue weighted by atomic mass is 14.9. The van der Waals surface area contributed by atoms with E-state index in [4.69, 9.17) is 0 Å². The van der Waals surface area contributed by atoms with Gasteiger partial charge in [0.05, 0.1) is 0 Å². The van der Waals surface area contributed by atoms with E-state index in [1.807, 2.05) is 0 Å². The zero-order valence-electron chi connectivity index (χ0n) is 9.09. The molecule has 0 saturated heterocycles. The molecule has 1 N–H and O–H groups in total. The van der Waals surface area contributed by atoms with Gasteiger partial charge in [0, 0.05) is 11.7 Å². The number of hydrogen-bond donors (Lipinski definition) is 1. The molecule has 1 nitrogen and oxygen atoms in total. The van der Waals surface area contributed by atoms with Crippen molar-refractivity contribution >= 4 is 5.69 Å². The molecule has 1 aromatic carbocycles. The Bertz CT molecular complexity index is 306. The average Bonchev–Trinajstić information content (AvgIpc) is 2.51. The summed E-state index contributed by atoms with van der Waals surface area (Å²) in [6.45, 7) is 4.49. The first-order valence-corrected chi connectivity index (χ1v) is 5.57. The lowest BCUT2D eigenvalue weighted by atomic mass is 10.1. The summed E-state index contributed by atoms with van der Waals surface area (Å²) in [6.07, 6.45) is 4.03. The maximum absolute atomic E-state index is 3.61. The number of anilines is 1. The second-order valence-corrected chi connectivity index (χ2v) is 4.63. The van der Waals surface area contributed by atoms with Crippen molar-refractivity contribution in [1.82, 2.24) is 0 Å². The molecule has 2 rings (SSSR count). The first kappa shape index (κ1) is 9.57. The van der Waals surface area contributed by atoms with Gasteiger partial charge in [-0.05, 0) is 49.8 Å². The molecule has 0 radical (unpaired) electrons. The van der Waals surface area contributed by atoms with Crippen LogP contribution in [0, 0.1) is 12.8 Å². The molecule has 2 atom stereocenters. The van der Waals surface area contributed by atoms with Gasteiger partial charge in [0.25, 0.3) is 0 Å². The SMILES string of the molecule is Cc1cccc(N[C@@H]2CC[C@@H](C)C2)c1. The van der Waals surface area contributed by atoms with Crippen molar-refractivity contribution in [2.45, 2.75) is 39.2 Å². The summed E-state index contributed by atoms with van der Waals surface area (Å²) in [5.74, 6) is 0.900. The fourth-order valence-corrected chi connectivity index (χ4v) is 2.31. The van der Waals surface area contributed by atoms with E-state index in [2.05, 4.69) is 43.4 Å². The molecule has 0 heterocycles. The molecular formula is C13H19N. The van der Waals surface area contributed by atoms with E-state index >= 15 is 0 Å². The minimum atomic E-state index is 0.701. The number of rotatable bonds is 2. The van der Waals surface area contributed by atoms with Gasteiger partial charge in [-0.2, -0.15) is 0 Å². The van der Waals surface area contributed by atoms with Gasteiger partial charge in [0.2, 0.25) is 0 Å². The molecule has 0 aliphatic heterocycles. The van der Waals surface area contributed by atoms with Gasteiger partial charge >= 0.3 is 0 Å². The maximum Gasteiger partial charge on any atom is 0.0344 e. The van der Waals surface area contributed by atoms with Crippen LogP contribution in [-0.4, -0.2) is 6.04 Å². The zero-order valence-corrected chi connectivity index (χ0v) is 9.09. The molecule has 0 amide bonds. The van der Waals surface area contributed by atoms with Gasteiger partial charge in [0.15, 0.2) is 0 Å². The Kier molecular flexibility index (Phi) is 2.76. The molecule has 14 heavy (non-hydrogen) atoms. The van der Waals surface area contributed by atoms with Crippen molar-refractivity contribution in [2.24, 2.45) is 5.92 Å². The van der Waals surface area contributed by atoms with E-state index in [-0.39, 0.29) is 0 Å². The lowest BCUT2D eigenvalue weighted by Gasteiger charge is -2.14. The van der Waals surface area contributed by atoms with E-state index in [9.17, 15) is 0 Å². The van der Waals surface area contributed by atoms with Crippen molar-refractivity contribution in [3.05, 3.63) is 29.8 Å². The molecular weight excluding hydrogens is 170 g/mol. The van der Waals surface area contributed by atoms with E-state index in [1.54, 1.807) is 0 Å². The Morgan fingerprint density at radius 1 is 1.29 bits per heavy atom. The molecule has 0 unspecified atom stereocenters. The monoisotopic (exact) mass is 189 g/mol. The Labute approximate surface area is 86.5 Å². The topological polar surface area (TPSA) is 12.0 Å². The highest BCUT2D eigenvalue weighted by Gasteiger charge is 2.20. The molecule has 1 aliphatic rings. The third-order valence-electron chi connectivity index (χ3n) is 3.08. The Morgan fingerprint density at radius 2 is 2.14 bits per heavy atom. The summed E-state index contributed by atoms with van der Waals surface area (Å²) in [5.41, 5.74) is 2.62. The molecule has 0 aromatic heterocycles. The summed E-state index contributed by atoms with van der Waals surface area (Å²) in [6, 6.07) is 9.35. The second-order valence-electron chi connectivity index (χ2n) is 4.63. The summed E-state index contributed by atoms with van der Waals surface area (Å²) in [4.78, 5) is 0. The van der Waals surface area contributed by atoms with Crippen LogP contribution in [0.3, 0.4) is 0 Å². The maximum atomic E-state index is 3.61. The van der Waals surface area contributed by atoms with Crippen molar-refractivity contribution < 1.29 is 0 Å². The van der Waals surface area contributed by atoms with E-state index in [0.717, 1.165) is 5.92 Å². The largest absolute Gasteiger partial charge is 0.382 e. The van der Waals surface area contributed by atoms with Crippen molar-refractivity contribution in [1.29, 1.82) is 0 Å². The van der Waals surface area contributed by atoms with Gasteiger partial charge in [-0.3, -0.25) is 0 Å². The van der Waals surface area contributed by atoms with Crippen LogP contribution >= 0.6 is 0 Å². The standard InChI is InChI=1S/C13H19N/c1-10-4-3-5-12(8-10)14-13-7-6-11(2)9-13/h3-5,8,11,13-14H,6-7,9H2,1-2H3/t11-,13-/m1/s1. The zero-order chi connectivity index (χ0) is 9.97. The lowest BCUT2D eigenvalue weighted by Crippen LogP contribution is -2.15. The van der Waals surface area contributed by atoms with Crippen LogP contribution < -0.4 is 5.32 Å². The third-order valence-corrected chi connectivity index (χ3v) is 3.08. The Hall–Kier alpha value is -0.980. The van der Waals surface area contributed by atoms with Gasteiger partial charge in [-0.15, -0.1) is 0 Å². The molecule has 1 heteroatoms. The third kappa shape index (κ3) is 2.28. The molecule has 1 saturated carbocycles. The number of aryl methyl sites for hydroxylation is 1. The Balaban J connectivity index is 1.97. The summed E-state index contributed by atoms with van der Waals surface area (Å²) < 4.78 is 0. The van der Waals surface area contributed by atoms with Crippen molar-refractivity contribution in [3.63, 3.8) is 0 Å². The highest BCUT2D eigenvalue weighted by Crippen LogP contribution is 2.27. The first-order valence-electron chi connectivity index (χ1n) is 5.57. The summed E-state index contributed by atoms with van der Waals surface area (Å²) in [5, 5.41) is 3.61. The molecule has 1 fully saturated rings. The molecule has 0 bridgehead atoms. The smallest absolute Gasteiger partial charge is 0.0344 e. The van der Waals surface area contributed by atoms with Crippen LogP contribution in [0.25, 0.3) is 0 Å².